The van der Waals surface area contributed by atoms with E-state index in [9.17, 15) is 13.2 Å². The van der Waals surface area contributed by atoms with Gasteiger partial charge in [0.15, 0.2) is 0 Å². The highest BCUT2D eigenvalue weighted by Crippen LogP contribution is 2.27. The second-order valence-electron chi connectivity index (χ2n) is 6.41. The van der Waals surface area contributed by atoms with Crippen LogP contribution in [-0.4, -0.2) is 44.9 Å². The predicted octanol–water partition coefficient (Wildman–Crippen LogP) is 3.51. The first kappa shape index (κ1) is 21.1. The molecule has 1 aliphatic heterocycles. The van der Waals surface area contributed by atoms with Crippen LogP contribution < -0.4 is 5.32 Å². The molecule has 2 aromatic rings. The van der Waals surface area contributed by atoms with E-state index in [0.29, 0.717) is 18.2 Å². The van der Waals surface area contributed by atoms with Crippen molar-refractivity contribution in [2.24, 2.45) is 0 Å². The molecule has 1 atom stereocenters. The van der Waals surface area contributed by atoms with Crippen molar-refractivity contribution in [1.29, 1.82) is 0 Å². The summed E-state index contributed by atoms with van der Waals surface area (Å²) in [7, 11) is -3.81. The Bertz CT molecular complexity index is 958. The number of rotatable bonds is 5. The number of nitrogens with zero attached hydrogens (tertiary/aromatic N) is 1. The molecule has 1 fully saturated rings. The normalized spacial score (nSPS) is 16.5. The van der Waals surface area contributed by atoms with E-state index in [1.807, 2.05) is 19.1 Å². The molecular formula is C19H20Cl2N2O4S. The summed E-state index contributed by atoms with van der Waals surface area (Å²) in [6.07, 6.45) is 0. The number of benzene rings is 2. The van der Waals surface area contributed by atoms with Gasteiger partial charge >= 0.3 is 0 Å². The smallest absolute Gasteiger partial charge is 0.251 e. The van der Waals surface area contributed by atoms with Crippen LogP contribution in [0.5, 0.6) is 0 Å². The SMILES string of the molecule is C[C@@H](NC(=O)c1ccc(Cl)c(S(=O)(=O)N2CCOCC2)c1)c1ccc(Cl)cc1. The number of carbonyl (C=O) groups excluding carboxylic acids is 1. The summed E-state index contributed by atoms with van der Waals surface area (Å²) in [5.74, 6) is -0.391. The predicted molar refractivity (Wildman–Crippen MR) is 108 cm³/mol. The van der Waals surface area contributed by atoms with Crippen molar-refractivity contribution in [1.82, 2.24) is 9.62 Å². The van der Waals surface area contributed by atoms with Gasteiger partial charge in [0, 0.05) is 23.7 Å². The second kappa shape index (κ2) is 8.80. The van der Waals surface area contributed by atoms with E-state index in [1.54, 1.807) is 12.1 Å². The molecule has 6 nitrogen and oxygen atoms in total. The van der Waals surface area contributed by atoms with Crippen molar-refractivity contribution in [3.05, 3.63) is 63.6 Å². The number of halogens is 2. The van der Waals surface area contributed by atoms with Crippen molar-refractivity contribution in [2.75, 3.05) is 26.3 Å². The highest BCUT2D eigenvalue weighted by atomic mass is 35.5. The van der Waals surface area contributed by atoms with Gasteiger partial charge in [0.05, 0.1) is 24.3 Å². The molecule has 9 heteroatoms. The molecule has 1 heterocycles. The molecular weight excluding hydrogens is 423 g/mol. The third-order valence-electron chi connectivity index (χ3n) is 4.50. The molecule has 2 aromatic carbocycles. The largest absolute Gasteiger partial charge is 0.379 e. The summed E-state index contributed by atoms with van der Waals surface area (Å²) in [6.45, 7) is 3.00. The molecule has 0 saturated carbocycles. The topological polar surface area (TPSA) is 75.7 Å². The minimum absolute atomic E-state index is 0.0776. The molecule has 1 saturated heterocycles. The highest BCUT2D eigenvalue weighted by molar-refractivity contribution is 7.89. The van der Waals surface area contributed by atoms with Crippen LogP contribution in [0.1, 0.15) is 28.9 Å². The first-order valence-corrected chi connectivity index (χ1v) is 10.9. The summed E-state index contributed by atoms with van der Waals surface area (Å²) < 4.78 is 32.3. The Kier molecular flexibility index (Phi) is 6.62. The van der Waals surface area contributed by atoms with Gasteiger partial charge in [0.2, 0.25) is 10.0 Å². The monoisotopic (exact) mass is 442 g/mol. The van der Waals surface area contributed by atoms with Crippen molar-refractivity contribution in [3.63, 3.8) is 0 Å². The number of nitrogens with one attached hydrogen (secondary N) is 1. The van der Waals surface area contributed by atoms with Crippen LogP contribution in [0.3, 0.4) is 0 Å². The third kappa shape index (κ3) is 4.67. The van der Waals surface area contributed by atoms with Crippen molar-refractivity contribution >= 4 is 39.1 Å². The Morgan fingerprint density at radius 3 is 2.39 bits per heavy atom. The van der Waals surface area contributed by atoms with Crippen LogP contribution in [0.2, 0.25) is 10.0 Å². The zero-order valence-electron chi connectivity index (χ0n) is 15.2. The lowest BCUT2D eigenvalue weighted by Gasteiger charge is -2.26. The Morgan fingerprint density at radius 1 is 1.11 bits per heavy atom. The van der Waals surface area contributed by atoms with E-state index in [2.05, 4.69) is 5.32 Å². The Morgan fingerprint density at radius 2 is 1.75 bits per heavy atom. The average Bonchev–Trinajstić information content (AvgIpc) is 2.69. The lowest BCUT2D eigenvalue weighted by Crippen LogP contribution is -2.40. The summed E-state index contributed by atoms with van der Waals surface area (Å²) in [4.78, 5) is 12.6. The first-order chi connectivity index (χ1) is 13.3. The fraction of sp³-hybridized carbons (Fsp3) is 0.316. The zero-order valence-corrected chi connectivity index (χ0v) is 17.5. The van der Waals surface area contributed by atoms with E-state index in [4.69, 9.17) is 27.9 Å². The fourth-order valence-electron chi connectivity index (χ4n) is 2.88. The number of amides is 1. The second-order valence-corrected chi connectivity index (χ2v) is 9.16. The molecule has 0 spiro atoms. The van der Waals surface area contributed by atoms with E-state index in [-0.39, 0.29) is 34.6 Å². The zero-order chi connectivity index (χ0) is 20.3. The molecule has 1 amide bonds. The lowest BCUT2D eigenvalue weighted by atomic mass is 10.1. The average molecular weight is 443 g/mol. The van der Waals surface area contributed by atoms with Gasteiger partial charge < -0.3 is 10.1 Å². The maximum absolute atomic E-state index is 12.9. The fourth-order valence-corrected chi connectivity index (χ4v) is 4.92. The van der Waals surface area contributed by atoms with E-state index < -0.39 is 15.9 Å². The quantitative estimate of drug-likeness (QED) is 0.768. The Balaban J connectivity index is 1.82. The Labute approximate surface area is 174 Å². The number of sulfonamides is 1. The molecule has 150 valence electrons. The van der Waals surface area contributed by atoms with Crippen molar-refractivity contribution in [2.45, 2.75) is 17.9 Å². The van der Waals surface area contributed by atoms with Crippen LogP contribution in [-0.2, 0) is 14.8 Å². The first-order valence-electron chi connectivity index (χ1n) is 8.73. The lowest BCUT2D eigenvalue weighted by molar-refractivity contribution is 0.0730. The van der Waals surface area contributed by atoms with Gasteiger partial charge in [-0.05, 0) is 42.8 Å². The maximum Gasteiger partial charge on any atom is 0.251 e. The van der Waals surface area contributed by atoms with Crippen LogP contribution in [0.15, 0.2) is 47.4 Å². The van der Waals surface area contributed by atoms with Gasteiger partial charge in [-0.1, -0.05) is 35.3 Å². The summed E-state index contributed by atoms with van der Waals surface area (Å²) in [5, 5.41) is 3.54. The maximum atomic E-state index is 12.9. The van der Waals surface area contributed by atoms with Gasteiger partial charge in [-0.25, -0.2) is 8.42 Å². The molecule has 0 aromatic heterocycles. The van der Waals surface area contributed by atoms with Gasteiger partial charge in [-0.15, -0.1) is 0 Å². The number of morpholine rings is 1. The molecule has 3 rings (SSSR count). The molecule has 28 heavy (non-hydrogen) atoms. The molecule has 0 bridgehead atoms. The number of carbonyl (C=O) groups is 1. The van der Waals surface area contributed by atoms with E-state index in [0.717, 1.165) is 5.56 Å². The van der Waals surface area contributed by atoms with Crippen LogP contribution in [0, 0.1) is 0 Å². The standard InChI is InChI=1S/C19H20Cl2N2O4S/c1-13(14-2-5-16(20)6-3-14)22-19(24)15-4-7-17(21)18(12-15)28(25,26)23-8-10-27-11-9-23/h2-7,12-13H,8-11H2,1H3,(H,22,24)/t13-/m1/s1. The van der Waals surface area contributed by atoms with Crippen molar-refractivity contribution in [3.8, 4) is 0 Å². The number of ether oxygens (including phenoxy) is 1. The van der Waals surface area contributed by atoms with Gasteiger partial charge in [0.1, 0.15) is 4.90 Å². The van der Waals surface area contributed by atoms with Crippen LogP contribution in [0.4, 0.5) is 0 Å². The minimum Gasteiger partial charge on any atom is -0.379 e. The van der Waals surface area contributed by atoms with Crippen molar-refractivity contribution < 1.29 is 17.9 Å². The molecule has 0 unspecified atom stereocenters. The minimum atomic E-state index is -3.81. The van der Waals surface area contributed by atoms with E-state index in [1.165, 1.54) is 22.5 Å². The summed E-state index contributed by atoms with van der Waals surface area (Å²) in [5.41, 5.74) is 1.10. The summed E-state index contributed by atoms with van der Waals surface area (Å²) in [6, 6.07) is 11.1. The molecule has 1 aliphatic rings. The Hall–Kier alpha value is -1.64. The van der Waals surface area contributed by atoms with Crippen LogP contribution in [0.25, 0.3) is 0 Å². The van der Waals surface area contributed by atoms with E-state index >= 15 is 0 Å². The summed E-state index contributed by atoms with van der Waals surface area (Å²) >= 11 is 12.0. The van der Waals surface area contributed by atoms with Gasteiger partial charge in [0.25, 0.3) is 5.91 Å². The third-order valence-corrected chi connectivity index (χ3v) is 7.13. The molecule has 0 radical (unpaired) electrons. The van der Waals surface area contributed by atoms with Crippen LogP contribution >= 0.6 is 23.2 Å². The number of hydrogen-bond acceptors (Lipinski definition) is 4. The highest BCUT2D eigenvalue weighted by Gasteiger charge is 2.29. The molecule has 0 aliphatic carbocycles. The van der Waals surface area contributed by atoms with Gasteiger partial charge in [-0.2, -0.15) is 4.31 Å². The number of hydrogen-bond donors (Lipinski definition) is 1. The van der Waals surface area contributed by atoms with Gasteiger partial charge in [-0.3, -0.25) is 4.79 Å². The molecule has 1 N–H and O–H groups in total.